The average Bonchev–Trinajstić information content (AvgIpc) is 2.97. The molecule has 1 atom stereocenters. The number of hydrogen-bond donors (Lipinski definition) is 1. The molecule has 10 heteroatoms. The summed E-state index contributed by atoms with van der Waals surface area (Å²) in [5.41, 5.74) is 1.62. The van der Waals surface area contributed by atoms with Crippen LogP contribution in [0.15, 0.2) is 23.0 Å². The fourth-order valence-corrected chi connectivity index (χ4v) is 4.50. The Balaban J connectivity index is 1.49. The molecular formula is C23H31N5O5. The molecule has 0 saturated carbocycles. The van der Waals surface area contributed by atoms with Gasteiger partial charge in [-0.3, -0.25) is 33.7 Å². The number of piperidine rings is 1. The number of carbonyl (C=O) groups excluding carboxylic acids is 3. The van der Waals surface area contributed by atoms with Crippen molar-refractivity contribution in [3.05, 3.63) is 28.7 Å². The summed E-state index contributed by atoms with van der Waals surface area (Å²) in [5.74, 6) is -0.967. The number of aryl methyl sites for hydroxylation is 1. The van der Waals surface area contributed by atoms with Crippen LogP contribution in [0.3, 0.4) is 0 Å². The highest BCUT2D eigenvalue weighted by molar-refractivity contribution is 6.00. The normalized spacial score (nSPS) is 20.2. The predicted molar refractivity (Wildman–Crippen MR) is 123 cm³/mol. The molecule has 1 aromatic heterocycles. The summed E-state index contributed by atoms with van der Waals surface area (Å²) in [6, 6.07) is 5.08. The first-order valence-electron chi connectivity index (χ1n) is 11.3. The Morgan fingerprint density at radius 2 is 1.79 bits per heavy atom. The number of fused-ring (bicyclic) bond motifs is 1. The highest BCUT2D eigenvalue weighted by Crippen LogP contribution is 2.27. The lowest BCUT2D eigenvalue weighted by Crippen LogP contribution is -2.48. The van der Waals surface area contributed by atoms with E-state index in [0.29, 0.717) is 11.9 Å². The maximum Gasteiger partial charge on any atom is 0.329 e. The molecule has 2 aromatic rings. The lowest BCUT2D eigenvalue weighted by atomic mass is 10.1. The third-order valence-corrected chi connectivity index (χ3v) is 6.10. The van der Waals surface area contributed by atoms with Crippen LogP contribution in [-0.4, -0.2) is 70.1 Å². The molecule has 0 aliphatic carbocycles. The number of ether oxygens (including phenoxy) is 1. The summed E-state index contributed by atoms with van der Waals surface area (Å²) in [6.45, 7) is 8.81. The van der Waals surface area contributed by atoms with E-state index in [1.54, 1.807) is 11.6 Å². The van der Waals surface area contributed by atoms with E-state index in [0.717, 1.165) is 37.4 Å². The number of esters is 1. The zero-order valence-corrected chi connectivity index (χ0v) is 19.6. The first-order valence-corrected chi connectivity index (χ1v) is 11.3. The number of nitrogens with zero attached hydrogens (tertiary/aromatic N) is 4. The first-order chi connectivity index (χ1) is 15.5. The average molecular weight is 458 g/mol. The van der Waals surface area contributed by atoms with Gasteiger partial charge >= 0.3 is 11.7 Å². The first kappa shape index (κ1) is 23.0. The molecular weight excluding hydrogens is 426 g/mol. The van der Waals surface area contributed by atoms with Crippen LogP contribution in [0.2, 0.25) is 0 Å². The van der Waals surface area contributed by atoms with Gasteiger partial charge < -0.3 is 9.64 Å². The van der Waals surface area contributed by atoms with Gasteiger partial charge in [-0.25, -0.2) is 4.79 Å². The largest absolute Gasteiger partial charge is 0.459 e. The van der Waals surface area contributed by atoms with Crippen molar-refractivity contribution in [1.29, 1.82) is 0 Å². The molecule has 10 nitrogen and oxygen atoms in total. The van der Waals surface area contributed by atoms with Crippen molar-refractivity contribution < 1.29 is 19.1 Å². The molecule has 2 amide bonds. The van der Waals surface area contributed by atoms with E-state index in [9.17, 15) is 19.2 Å². The molecule has 4 rings (SSSR count). The third kappa shape index (κ3) is 4.80. The van der Waals surface area contributed by atoms with Gasteiger partial charge in [-0.1, -0.05) is 0 Å². The molecule has 0 spiro atoms. The summed E-state index contributed by atoms with van der Waals surface area (Å²) < 4.78 is 8.44. The number of nitrogens with one attached hydrogen (secondary N) is 1. The number of anilines is 1. The van der Waals surface area contributed by atoms with Gasteiger partial charge in [0.25, 0.3) is 0 Å². The summed E-state index contributed by atoms with van der Waals surface area (Å²) in [5, 5.41) is 2.33. The number of carbonyl (C=O) groups is 3. The van der Waals surface area contributed by atoms with E-state index >= 15 is 0 Å². The Morgan fingerprint density at radius 1 is 1.09 bits per heavy atom. The highest BCUT2D eigenvalue weighted by Gasteiger charge is 2.31. The van der Waals surface area contributed by atoms with Crippen molar-refractivity contribution in [3.63, 3.8) is 0 Å². The van der Waals surface area contributed by atoms with Crippen LogP contribution in [0.25, 0.3) is 11.0 Å². The molecule has 2 aliphatic heterocycles. The molecule has 2 saturated heterocycles. The van der Waals surface area contributed by atoms with Crippen molar-refractivity contribution in [2.24, 2.45) is 7.05 Å². The van der Waals surface area contributed by atoms with E-state index in [4.69, 9.17) is 4.74 Å². The second kappa shape index (κ2) is 8.66. The molecule has 2 fully saturated rings. The van der Waals surface area contributed by atoms with E-state index in [2.05, 4.69) is 15.1 Å². The molecule has 33 heavy (non-hydrogen) atoms. The van der Waals surface area contributed by atoms with Gasteiger partial charge in [0.2, 0.25) is 11.8 Å². The van der Waals surface area contributed by atoms with Crippen molar-refractivity contribution >= 4 is 34.5 Å². The Morgan fingerprint density at radius 3 is 2.42 bits per heavy atom. The van der Waals surface area contributed by atoms with Crippen molar-refractivity contribution in [3.8, 4) is 0 Å². The number of hydrogen-bond acceptors (Lipinski definition) is 7. The summed E-state index contributed by atoms with van der Waals surface area (Å²) in [7, 11) is 1.69. The van der Waals surface area contributed by atoms with E-state index < -0.39 is 17.6 Å². The molecule has 1 N–H and O–H groups in total. The topological polar surface area (TPSA) is 106 Å². The van der Waals surface area contributed by atoms with Crippen molar-refractivity contribution in [2.45, 2.75) is 45.3 Å². The number of aromatic nitrogens is 2. The molecule has 1 unspecified atom stereocenters. The van der Waals surface area contributed by atoms with Gasteiger partial charge in [0.1, 0.15) is 11.6 Å². The standard InChI is InChI=1S/C23H31N5O5/c1-23(2,3)33-20(30)14-26-9-11-27(12-10-26)15-5-6-16-18(13-15)25(4)22(32)28(16)17-7-8-19(29)24-21(17)31/h5-6,13,17H,7-12,14H2,1-4H3,(H,24,29,31). The van der Waals surface area contributed by atoms with Crippen LogP contribution in [0.5, 0.6) is 0 Å². The Labute approximate surface area is 192 Å². The SMILES string of the molecule is Cn1c(=O)n(C2CCC(=O)NC2=O)c2ccc(N3CCN(CC(=O)OC(C)(C)C)CC3)cc21. The van der Waals surface area contributed by atoms with Crippen LogP contribution in [0.1, 0.15) is 39.7 Å². The molecule has 178 valence electrons. The van der Waals surface area contributed by atoms with Gasteiger partial charge in [-0.05, 0) is 45.4 Å². The third-order valence-electron chi connectivity index (χ3n) is 6.10. The van der Waals surface area contributed by atoms with Crippen LogP contribution in [0, 0.1) is 0 Å². The molecule has 3 heterocycles. The molecule has 0 radical (unpaired) electrons. The van der Waals surface area contributed by atoms with E-state index in [1.807, 2.05) is 39.0 Å². The fraction of sp³-hybridized carbons (Fsp3) is 0.565. The van der Waals surface area contributed by atoms with Gasteiger partial charge in [0.05, 0.1) is 17.6 Å². The lowest BCUT2D eigenvalue weighted by Gasteiger charge is -2.36. The van der Waals surface area contributed by atoms with E-state index in [1.165, 1.54) is 4.57 Å². The van der Waals surface area contributed by atoms with Crippen molar-refractivity contribution in [2.75, 3.05) is 37.6 Å². The van der Waals surface area contributed by atoms with Crippen molar-refractivity contribution in [1.82, 2.24) is 19.4 Å². The van der Waals surface area contributed by atoms with Crippen LogP contribution in [-0.2, 0) is 26.2 Å². The second-order valence-corrected chi connectivity index (χ2v) is 9.70. The second-order valence-electron chi connectivity index (χ2n) is 9.70. The lowest BCUT2D eigenvalue weighted by molar-refractivity contribution is -0.156. The maximum absolute atomic E-state index is 12.9. The zero-order valence-electron chi connectivity index (χ0n) is 19.6. The van der Waals surface area contributed by atoms with Crippen LogP contribution in [0.4, 0.5) is 5.69 Å². The predicted octanol–water partition coefficient (Wildman–Crippen LogP) is 0.781. The number of amides is 2. The number of imidazole rings is 1. The van der Waals surface area contributed by atoms with Gasteiger partial charge in [-0.2, -0.15) is 0 Å². The monoisotopic (exact) mass is 457 g/mol. The Kier molecular flexibility index (Phi) is 6.04. The van der Waals surface area contributed by atoms with Crippen LogP contribution >= 0.6 is 0 Å². The minimum Gasteiger partial charge on any atom is -0.459 e. The Hall–Kier alpha value is -3.14. The molecule has 2 aliphatic rings. The van der Waals surface area contributed by atoms with E-state index in [-0.39, 0.29) is 30.5 Å². The highest BCUT2D eigenvalue weighted by atomic mass is 16.6. The van der Waals surface area contributed by atoms with Gasteiger partial charge in [0.15, 0.2) is 0 Å². The maximum atomic E-state index is 12.9. The minimum atomic E-state index is -0.693. The summed E-state index contributed by atoms with van der Waals surface area (Å²) in [6.07, 6.45) is 0.524. The summed E-state index contributed by atoms with van der Waals surface area (Å²) in [4.78, 5) is 53.2. The van der Waals surface area contributed by atoms with Crippen LogP contribution < -0.4 is 15.9 Å². The smallest absolute Gasteiger partial charge is 0.329 e. The molecule has 0 bridgehead atoms. The number of benzene rings is 1. The Bertz CT molecular complexity index is 1150. The quantitative estimate of drug-likeness (QED) is 0.534. The number of imide groups is 1. The minimum absolute atomic E-state index is 0.213. The van der Waals surface area contributed by atoms with Gasteiger partial charge in [-0.15, -0.1) is 0 Å². The number of piperazine rings is 1. The zero-order chi connectivity index (χ0) is 23.9. The van der Waals surface area contributed by atoms with Gasteiger partial charge in [0, 0.05) is 45.3 Å². The molecule has 1 aromatic carbocycles. The summed E-state index contributed by atoms with van der Waals surface area (Å²) >= 11 is 0. The number of rotatable bonds is 4. The fourth-order valence-electron chi connectivity index (χ4n) is 4.50.